The second-order valence-corrected chi connectivity index (χ2v) is 8.40. The van der Waals surface area contributed by atoms with Crippen LogP contribution in [0.1, 0.15) is 25.5 Å². The molecule has 30 heavy (non-hydrogen) atoms. The second kappa shape index (κ2) is 8.99. The third-order valence-electron chi connectivity index (χ3n) is 4.31. The van der Waals surface area contributed by atoms with E-state index >= 15 is 0 Å². The number of rotatable bonds is 7. The first kappa shape index (κ1) is 22.0. The van der Waals surface area contributed by atoms with Crippen LogP contribution in [0.5, 0.6) is 0 Å². The summed E-state index contributed by atoms with van der Waals surface area (Å²) in [5.41, 5.74) is 0.322. The van der Waals surface area contributed by atoms with E-state index in [1.54, 1.807) is 12.1 Å². The maximum atomic E-state index is 12.7. The number of thiocarbonyl (C=S) groups is 1. The van der Waals surface area contributed by atoms with Crippen molar-refractivity contribution in [1.29, 1.82) is 0 Å². The van der Waals surface area contributed by atoms with Gasteiger partial charge in [-0.15, -0.1) is 0 Å². The lowest BCUT2D eigenvalue weighted by Crippen LogP contribution is -2.43. The van der Waals surface area contributed by atoms with Gasteiger partial charge in [-0.25, -0.2) is 4.79 Å². The van der Waals surface area contributed by atoms with E-state index in [2.05, 4.69) is 0 Å². The largest absolute Gasteiger partial charge is 0.480 e. The van der Waals surface area contributed by atoms with Crippen molar-refractivity contribution < 1.29 is 24.0 Å². The smallest absolute Gasteiger partial charge is 0.326 e. The van der Waals surface area contributed by atoms with Crippen molar-refractivity contribution in [2.75, 3.05) is 0 Å². The number of non-ortho nitro benzene ring substituents is 1. The minimum absolute atomic E-state index is 0.140. The Kier molecular flexibility index (Phi) is 6.59. The van der Waals surface area contributed by atoms with Gasteiger partial charge in [0.25, 0.3) is 11.6 Å². The Bertz CT molecular complexity index is 1080. The van der Waals surface area contributed by atoms with E-state index in [9.17, 15) is 24.8 Å². The molecule has 0 saturated carbocycles. The lowest BCUT2D eigenvalue weighted by Gasteiger charge is -2.22. The lowest BCUT2D eigenvalue weighted by molar-refractivity contribution is -0.384. The first-order valence-corrected chi connectivity index (χ1v) is 10.4. The maximum absolute atomic E-state index is 12.7. The number of nitro groups is 1. The molecule has 0 spiro atoms. The van der Waals surface area contributed by atoms with E-state index in [4.69, 9.17) is 28.2 Å². The van der Waals surface area contributed by atoms with Gasteiger partial charge >= 0.3 is 5.97 Å². The van der Waals surface area contributed by atoms with Crippen molar-refractivity contribution in [2.45, 2.75) is 25.8 Å². The number of aliphatic carboxylic acids is 1. The average molecular weight is 467 g/mol. The highest BCUT2D eigenvalue weighted by Crippen LogP contribution is 2.37. The molecule has 1 aromatic heterocycles. The topological polar surface area (TPSA) is 114 Å². The Morgan fingerprint density at radius 2 is 2.17 bits per heavy atom. The number of halogens is 1. The highest BCUT2D eigenvalue weighted by Gasteiger charge is 2.40. The molecule has 1 fully saturated rings. The molecule has 0 bridgehead atoms. The number of nitrogens with zero attached hydrogens (tertiary/aromatic N) is 2. The lowest BCUT2D eigenvalue weighted by atomic mass is 10.1. The zero-order valence-corrected chi connectivity index (χ0v) is 17.9. The third kappa shape index (κ3) is 4.40. The SMILES string of the molecule is CCCC(C(=O)O)N1C(=O)/C(=C\c2ccc(-c3ccc([N+](=O)[O-])cc3Cl)o2)SC1=S. The molecule has 0 radical (unpaired) electrons. The van der Waals surface area contributed by atoms with Crippen LogP contribution in [0.25, 0.3) is 17.4 Å². The number of furan rings is 1. The molecule has 156 valence electrons. The number of carboxylic acids is 1. The Hall–Kier alpha value is -2.69. The molecular weight excluding hydrogens is 452 g/mol. The van der Waals surface area contributed by atoms with Crippen LogP contribution in [0.15, 0.2) is 39.7 Å². The van der Waals surface area contributed by atoms with Crippen molar-refractivity contribution in [2.24, 2.45) is 0 Å². The van der Waals surface area contributed by atoms with Crippen molar-refractivity contribution in [3.8, 4) is 11.3 Å². The first-order chi connectivity index (χ1) is 14.2. The van der Waals surface area contributed by atoms with Gasteiger partial charge in [0, 0.05) is 23.8 Å². The Morgan fingerprint density at radius 3 is 2.77 bits per heavy atom. The molecule has 1 atom stereocenters. The van der Waals surface area contributed by atoms with Gasteiger partial charge in [0.05, 0.1) is 14.9 Å². The molecule has 8 nitrogen and oxygen atoms in total. The summed E-state index contributed by atoms with van der Waals surface area (Å²) in [6.07, 6.45) is 2.36. The number of nitro benzene ring substituents is 1. The zero-order valence-electron chi connectivity index (χ0n) is 15.5. The van der Waals surface area contributed by atoms with E-state index in [1.165, 1.54) is 24.3 Å². The van der Waals surface area contributed by atoms with Crippen LogP contribution in [0.2, 0.25) is 5.02 Å². The Labute approximate surface area is 185 Å². The van der Waals surface area contributed by atoms with Crippen LogP contribution < -0.4 is 0 Å². The van der Waals surface area contributed by atoms with Crippen molar-refractivity contribution in [1.82, 2.24) is 4.90 Å². The summed E-state index contributed by atoms with van der Waals surface area (Å²) in [6.45, 7) is 1.83. The van der Waals surface area contributed by atoms with Crippen LogP contribution >= 0.6 is 35.6 Å². The van der Waals surface area contributed by atoms with Crippen LogP contribution in [-0.4, -0.2) is 37.2 Å². The maximum Gasteiger partial charge on any atom is 0.326 e. The summed E-state index contributed by atoms with van der Waals surface area (Å²) in [5.74, 6) is -0.895. The van der Waals surface area contributed by atoms with E-state index in [-0.39, 0.29) is 19.9 Å². The van der Waals surface area contributed by atoms with Crippen molar-refractivity contribution in [3.63, 3.8) is 0 Å². The highest BCUT2D eigenvalue weighted by molar-refractivity contribution is 8.26. The van der Waals surface area contributed by atoms with Gasteiger partial charge in [-0.2, -0.15) is 0 Å². The molecule has 1 aromatic carbocycles. The monoisotopic (exact) mass is 466 g/mol. The van der Waals surface area contributed by atoms with Gasteiger partial charge in [0.1, 0.15) is 21.9 Å². The highest BCUT2D eigenvalue weighted by atomic mass is 35.5. The molecule has 1 amide bonds. The number of carbonyl (C=O) groups excluding carboxylic acids is 1. The molecule has 1 saturated heterocycles. The van der Waals surface area contributed by atoms with E-state index in [0.29, 0.717) is 29.9 Å². The molecule has 1 aliphatic heterocycles. The van der Waals surface area contributed by atoms with Gasteiger partial charge in [0.15, 0.2) is 0 Å². The number of hydrogen-bond donors (Lipinski definition) is 1. The van der Waals surface area contributed by atoms with Gasteiger partial charge < -0.3 is 9.52 Å². The molecular formula is C19H15ClN2O6S2. The van der Waals surface area contributed by atoms with Crippen LogP contribution in [-0.2, 0) is 9.59 Å². The molecule has 11 heteroatoms. The second-order valence-electron chi connectivity index (χ2n) is 6.32. The fraction of sp³-hybridized carbons (Fsp3) is 0.211. The van der Waals surface area contributed by atoms with E-state index in [1.807, 2.05) is 6.92 Å². The number of amides is 1. The number of benzene rings is 1. The standard InChI is InChI=1S/C19H15ClN2O6S2/c1-2-3-14(18(24)25)21-17(23)16(30-19(21)29)9-11-5-7-15(28-11)12-6-4-10(22(26)27)8-13(12)20/h4-9,14H,2-3H2,1H3,(H,24,25)/b16-9+. The fourth-order valence-electron chi connectivity index (χ4n) is 2.91. The first-order valence-electron chi connectivity index (χ1n) is 8.77. The summed E-state index contributed by atoms with van der Waals surface area (Å²) in [5, 5.41) is 20.4. The predicted octanol–water partition coefficient (Wildman–Crippen LogP) is 4.96. The molecule has 2 heterocycles. The van der Waals surface area contributed by atoms with Gasteiger partial charge in [0.2, 0.25) is 0 Å². The summed E-state index contributed by atoms with van der Waals surface area (Å²) >= 11 is 12.3. The molecule has 3 rings (SSSR count). The summed E-state index contributed by atoms with van der Waals surface area (Å²) in [7, 11) is 0. The van der Waals surface area contributed by atoms with Gasteiger partial charge in [-0.05, 0) is 24.6 Å². The minimum atomic E-state index is -1.11. The van der Waals surface area contributed by atoms with Crippen molar-refractivity contribution >= 4 is 63.5 Å². The summed E-state index contributed by atoms with van der Waals surface area (Å²) < 4.78 is 5.89. The number of carboxylic acid groups (broad SMARTS) is 1. The van der Waals surface area contributed by atoms with E-state index in [0.717, 1.165) is 16.7 Å². The molecule has 1 aliphatic rings. The molecule has 0 aliphatic carbocycles. The Morgan fingerprint density at radius 1 is 1.43 bits per heavy atom. The fourth-order valence-corrected chi connectivity index (χ4v) is 4.51. The zero-order chi connectivity index (χ0) is 22.0. The van der Waals surface area contributed by atoms with Crippen molar-refractivity contribution in [3.05, 3.63) is 56.1 Å². The van der Waals surface area contributed by atoms with Crippen LogP contribution in [0.4, 0.5) is 5.69 Å². The predicted molar refractivity (Wildman–Crippen MR) is 117 cm³/mol. The number of hydrogen-bond acceptors (Lipinski definition) is 7. The summed E-state index contributed by atoms with van der Waals surface area (Å²) in [4.78, 5) is 35.9. The number of thioether (sulfide) groups is 1. The molecule has 1 unspecified atom stereocenters. The average Bonchev–Trinajstić information content (AvgIpc) is 3.24. The van der Waals surface area contributed by atoms with Gasteiger partial charge in [-0.3, -0.25) is 19.8 Å². The molecule has 2 aromatic rings. The quantitative estimate of drug-likeness (QED) is 0.263. The third-order valence-corrected chi connectivity index (χ3v) is 5.95. The molecule has 1 N–H and O–H groups in total. The number of carbonyl (C=O) groups is 2. The van der Waals surface area contributed by atoms with Crippen LogP contribution in [0.3, 0.4) is 0 Å². The normalized spacial score (nSPS) is 16.3. The van der Waals surface area contributed by atoms with Crippen LogP contribution in [0, 0.1) is 10.1 Å². The summed E-state index contributed by atoms with van der Waals surface area (Å²) in [6, 6.07) is 6.24. The minimum Gasteiger partial charge on any atom is -0.480 e. The van der Waals surface area contributed by atoms with Gasteiger partial charge in [-0.1, -0.05) is 48.9 Å². The van der Waals surface area contributed by atoms with E-state index < -0.39 is 22.8 Å². The Balaban J connectivity index is 1.86.